The van der Waals surface area contributed by atoms with Crippen LogP contribution in [0.2, 0.25) is 0 Å². The van der Waals surface area contributed by atoms with E-state index >= 15 is 0 Å². The molecule has 5 heteroatoms. The van der Waals surface area contributed by atoms with Gasteiger partial charge in [-0.1, -0.05) is 106 Å². The molecule has 2 rings (SSSR count). The molecular formula is C32H53NNiO2S. The number of nitrogens with two attached hydrogens (primary N) is 1. The third kappa shape index (κ3) is 12.5. The maximum atomic E-state index is 10.6. The Labute approximate surface area is 242 Å². The molecule has 0 aliphatic carbocycles. The molecule has 0 fully saturated rings. The molecule has 0 aliphatic rings. The molecule has 4 N–H and O–H groups in total. The second-order valence-electron chi connectivity index (χ2n) is 13.9. The number of rotatable bonds is 8. The van der Waals surface area contributed by atoms with E-state index in [1.807, 2.05) is 12.1 Å². The van der Waals surface area contributed by atoms with Gasteiger partial charge in [0.2, 0.25) is 0 Å². The summed E-state index contributed by atoms with van der Waals surface area (Å²) in [6.07, 6.45) is 4.46. The first kappa shape index (κ1) is 35.8. The van der Waals surface area contributed by atoms with E-state index in [1.54, 1.807) is 12.1 Å². The molecule has 0 bridgehead atoms. The average Bonchev–Trinajstić information content (AvgIpc) is 2.68. The van der Waals surface area contributed by atoms with Gasteiger partial charge in [0.1, 0.15) is 11.5 Å². The number of phenols is 2. The number of benzene rings is 2. The van der Waals surface area contributed by atoms with E-state index < -0.39 is 0 Å². The first-order valence-corrected chi connectivity index (χ1v) is 14.2. The van der Waals surface area contributed by atoms with Crippen LogP contribution in [0.4, 0.5) is 0 Å². The van der Waals surface area contributed by atoms with E-state index in [4.69, 9.17) is 5.73 Å². The van der Waals surface area contributed by atoms with Crippen molar-refractivity contribution < 1.29 is 26.7 Å². The SMILES string of the molecule is CC(C)(C)CC(C)(C)c1ccc(O)c(Sc2cc(C(C)(C)CC(C)(C)C)ccc2O)c1.CCCCN.[Ni]. The predicted octanol–water partition coefficient (Wildman–Crippen LogP) is 9.42. The van der Waals surface area contributed by atoms with Crippen LogP contribution < -0.4 is 5.73 Å². The van der Waals surface area contributed by atoms with Crippen molar-refractivity contribution >= 4 is 11.8 Å². The molecule has 0 spiro atoms. The molecule has 0 heterocycles. The molecule has 0 unspecified atom stereocenters. The van der Waals surface area contributed by atoms with Gasteiger partial charge >= 0.3 is 0 Å². The van der Waals surface area contributed by atoms with Gasteiger partial charge in [0.05, 0.1) is 9.79 Å². The fraction of sp³-hybridized carbons (Fsp3) is 0.625. The Hall–Kier alpha value is -1.16. The molecule has 0 saturated heterocycles. The number of hydrogen-bond donors (Lipinski definition) is 3. The molecule has 214 valence electrons. The summed E-state index contributed by atoms with van der Waals surface area (Å²) in [6, 6.07) is 11.8. The van der Waals surface area contributed by atoms with Gasteiger partial charge in [-0.2, -0.15) is 0 Å². The Morgan fingerprint density at radius 1 is 0.676 bits per heavy atom. The molecule has 0 saturated carbocycles. The van der Waals surface area contributed by atoms with Gasteiger partial charge in [-0.05, 0) is 82.9 Å². The first-order valence-electron chi connectivity index (χ1n) is 13.4. The summed E-state index contributed by atoms with van der Waals surface area (Å²) in [5.74, 6) is 0.498. The van der Waals surface area contributed by atoms with Crippen molar-refractivity contribution in [3.8, 4) is 11.5 Å². The number of phenolic OH excluding ortho intramolecular Hbond substituents is 2. The zero-order valence-electron chi connectivity index (χ0n) is 25.2. The van der Waals surface area contributed by atoms with Crippen molar-refractivity contribution in [2.75, 3.05) is 6.54 Å². The van der Waals surface area contributed by atoms with Gasteiger partial charge in [0.25, 0.3) is 0 Å². The van der Waals surface area contributed by atoms with Crippen molar-refractivity contribution in [1.29, 1.82) is 0 Å². The molecule has 0 amide bonds. The zero-order chi connectivity index (χ0) is 27.9. The summed E-state index contributed by atoms with van der Waals surface area (Å²) in [4.78, 5) is 1.56. The number of aromatic hydroxyl groups is 2. The molecule has 2 aromatic carbocycles. The molecule has 2 aromatic rings. The zero-order valence-corrected chi connectivity index (χ0v) is 27.0. The molecule has 0 radical (unpaired) electrons. The molecule has 37 heavy (non-hydrogen) atoms. The van der Waals surface area contributed by atoms with Crippen molar-refractivity contribution in [2.24, 2.45) is 16.6 Å². The summed E-state index contributed by atoms with van der Waals surface area (Å²) >= 11 is 1.44. The van der Waals surface area contributed by atoms with Crippen LogP contribution in [0, 0.1) is 10.8 Å². The smallest absolute Gasteiger partial charge is 0.129 e. The number of hydrogen-bond acceptors (Lipinski definition) is 4. The summed E-state index contributed by atoms with van der Waals surface area (Å²) in [6.45, 7) is 25.5. The second-order valence-corrected chi connectivity index (χ2v) is 14.9. The monoisotopic (exact) mass is 573 g/mol. The Morgan fingerprint density at radius 3 is 1.27 bits per heavy atom. The van der Waals surface area contributed by atoms with Crippen LogP contribution >= 0.6 is 11.8 Å². The van der Waals surface area contributed by atoms with Crippen LogP contribution in [0.3, 0.4) is 0 Å². The topological polar surface area (TPSA) is 66.5 Å². The fourth-order valence-corrected chi connectivity index (χ4v) is 6.17. The van der Waals surface area contributed by atoms with E-state index in [-0.39, 0.29) is 49.7 Å². The van der Waals surface area contributed by atoms with Crippen molar-refractivity contribution in [3.63, 3.8) is 0 Å². The summed E-state index contributed by atoms with van der Waals surface area (Å²) in [5, 5.41) is 21.1. The van der Waals surface area contributed by atoms with Gasteiger partial charge in [0.15, 0.2) is 0 Å². The first-order chi connectivity index (χ1) is 16.3. The van der Waals surface area contributed by atoms with Crippen LogP contribution in [0.5, 0.6) is 11.5 Å². The Balaban J connectivity index is 0.00000196. The van der Waals surface area contributed by atoms with Gasteiger partial charge in [-0.3, -0.25) is 0 Å². The predicted molar refractivity (Wildman–Crippen MR) is 158 cm³/mol. The van der Waals surface area contributed by atoms with Crippen LogP contribution in [-0.4, -0.2) is 16.8 Å². The van der Waals surface area contributed by atoms with E-state index in [2.05, 4.69) is 88.3 Å². The second kappa shape index (κ2) is 14.3. The molecule has 0 aromatic heterocycles. The molecular weight excluding hydrogens is 521 g/mol. The van der Waals surface area contributed by atoms with E-state index in [0.29, 0.717) is 0 Å². The normalized spacial score (nSPS) is 12.4. The van der Waals surface area contributed by atoms with Crippen molar-refractivity contribution in [3.05, 3.63) is 47.5 Å². The van der Waals surface area contributed by atoms with E-state index in [0.717, 1.165) is 29.2 Å². The van der Waals surface area contributed by atoms with E-state index in [1.165, 1.54) is 35.7 Å². The minimum absolute atomic E-state index is 0. The Kier molecular flexibility index (Phi) is 13.8. The number of unbranched alkanes of at least 4 members (excludes halogenated alkanes) is 1. The van der Waals surface area contributed by atoms with Gasteiger partial charge in [-0.15, -0.1) is 0 Å². The average molecular weight is 575 g/mol. The summed E-state index contributed by atoms with van der Waals surface area (Å²) in [7, 11) is 0. The summed E-state index contributed by atoms with van der Waals surface area (Å²) in [5.41, 5.74) is 7.93. The van der Waals surface area contributed by atoms with Gasteiger partial charge < -0.3 is 15.9 Å². The fourth-order valence-electron chi connectivity index (χ4n) is 5.21. The van der Waals surface area contributed by atoms with Crippen LogP contribution in [-0.2, 0) is 27.3 Å². The Bertz CT molecular complexity index is 894. The molecule has 3 nitrogen and oxygen atoms in total. The maximum absolute atomic E-state index is 10.6. The minimum atomic E-state index is -0.0140. The largest absolute Gasteiger partial charge is 0.507 e. The Morgan fingerprint density at radius 2 is 1.03 bits per heavy atom. The summed E-state index contributed by atoms with van der Waals surface area (Å²) < 4.78 is 0. The van der Waals surface area contributed by atoms with Gasteiger partial charge in [-0.25, -0.2) is 0 Å². The van der Waals surface area contributed by atoms with Gasteiger partial charge in [0, 0.05) is 16.5 Å². The standard InChI is InChI=1S/C28H42O2S.C4H11N.Ni/c1-25(2,3)17-27(7,8)19-11-13-21(29)23(15-19)31-24-16-20(12-14-22(24)30)28(9,10)18-26(4,5)6;1-2-3-4-5;/h11-16,29-30H,17-18H2,1-10H3;2-5H2,1H3;. The van der Waals surface area contributed by atoms with E-state index in [9.17, 15) is 10.2 Å². The third-order valence-corrected chi connectivity index (χ3v) is 7.30. The quantitative estimate of drug-likeness (QED) is 0.275. The van der Waals surface area contributed by atoms with Crippen LogP contribution in [0.15, 0.2) is 46.2 Å². The third-order valence-electron chi connectivity index (χ3n) is 6.20. The van der Waals surface area contributed by atoms with Crippen molar-refractivity contribution in [2.45, 2.75) is 122 Å². The van der Waals surface area contributed by atoms with Crippen LogP contribution in [0.25, 0.3) is 0 Å². The molecule has 0 aliphatic heterocycles. The maximum Gasteiger partial charge on any atom is 0.129 e. The molecule has 0 atom stereocenters. The van der Waals surface area contributed by atoms with Crippen LogP contribution in [0.1, 0.15) is 113 Å². The minimum Gasteiger partial charge on any atom is -0.507 e. The van der Waals surface area contributed by atoms with Crippen molar-refractivity contribution in [1.82, 2.24) is 0 Å².